The van der Waals surface area contributed by atoms with Crippen LogP contribution in [-0.4, -0.2) is 4.98 Å². The van der Waals surface area contributed by atoms with Gasteiger partial charge in [0.2, 0.25) is 0 Å². The van der Waals surface area contributed by atoms with Crippen molar-refractivity contribution in [2.75, 3.05) is 0 Å². The zero-order valence-corrected chi connectivity index (χ0v) is 7.81. The molecule has 0 aliphatic carbocycles. The minimum atomic E-state index is -0.309. The smallest absolute Gasteiger partial charge is 0.141 e. The minimum absolute atomic E-state index is 0.309. The van der Waals surface area contributed by atoms with Gasteiger partial charge in [-0.25, -0.2) is 9.37 Å². The lowest BCUT2D eigenvalue weighted by atomic mass is 10.1. The molecule has 3 heteroatoms. The minimum Gasteiger partial charge on any atom is -0.237 e. The Morgan fingerprint density at radius 2 is 1.93 bits per heavy atom. The van der Waals surface area contributed by atoms with Gasteiger partial charge in [-0.05, 0) is 24.3 Å². The molecule has 0 radical (unpaired) electrons. The largest absolute Gasteiger partial charge is 0.237 e. The standard InChI is InChI=1S/C12H7FN2/c13-10-4-1-3-9(7-10)12-6-2-5-11(8-14)15-12/h1-7H. The van der Waals surface area contributed by atoms with Crippen molar-refractivity contribution in [3.63, 3.8) is 0 Å². The van der Waals surface area contributed by atoms with Crippen molar-refractivity contribution in [2.24, 2.45) is 0 Å². The van der Waals surface area contributed by atoms with E-state index in [1.165, 1.54) is 12.1 Å². The number of aromatic nitrogens is 1. The molecule has 0 saturated carbocycles. The van der Waals surface area contributed by atoms with E-state index < -0.39 is 0 Å². The molecule has 0 fully saturated rings. The lowest BCUT2D eigenvalue weighted by Crippen LogP contribution is -1.87. The van der Waals surface area contributed by atoms with Crippen LogP contribution < -0.4 is 0 Å². The summed E-state index contributed by atoms with van der Waals surface area (Å²) in [6.07, 6.45) is 0. The van der Waals surface area contributed by atoms with E-state index in [2.05, 4.69) is 4.98 Å². The lowest BCUT2D eigenvalue weighted by Gasteiger charge is -2.00. The SMILES string of the molecule is N#Cc1cccc(-c2cccc(F)c2)n1. The summed E-state index contributed by atoms with van der Waals surface area (Å²) in [4.78, 5) is 4.07. The highest BCUT2D eigenvalue weighted by Gasteiger charge is 2.01. The molecule has 1 aromatic heterocycles. The zero-order valence-electron chi connectivity index (χ0n) is 7.81. The molecule has 2 nitrogen and oxygen atoms in total. The van der Waals surface area contributed by atoms with Crippen molar-refractivity contribution in [1.29, 1.82) is 5.26 Å². The van der Waals surface area contributed by atoms with Gasteiger partial charge < -0.3 is 0 Å². The van der Waals surface area contributed by atoms with Crippen LogP contribution in [0.15, 0.2) is 42.5 Å². The third-order valence-electron chi connectivity index (χ3n) is 1.98. The van der Waals surface area contributed by atoms with E-state index in [0.717, 1.165) is 0 Å². The van der Waals surface area contributed by atoms with Crippen LogP contribution in [0.2, 0.25) is 0 Å². The van der Waals surface area contributed by atoms with Crippen LogP contribution in [0.5, 0.6) is 0 Å². The second-order valence-electron chi connectivity index (χ2n) is 3.03. The highest BCUT2D eigenvalue weighted by atomic mass is 19.1. The van der Waals surface area contributed by atoms with E-state index in [0.29, 0.717) is 17.0 Å². The first-order valence-corrected chi connectivity index (χ1v) is 4.43. The van der Waals surface area contributed by atoms with E-state index in [1.807, 2.05) is 6.07 Å². The number of nitrogens with zero attached hydrogens (tertiary/aromatic N) is 2. The van der Waals surface area contributed by atoms with Gasteiger partial charge in [-0.1, -0.05) is 18.2 Å². The molecule has 2 aromatic rings. The molecule has 0 spiro atoms. The maximum atomic E-state index is 12.9. The Morgan fingerprint density at radius 3 is 2.67 bits per heavy atom. The Labute approximate surface area is 86.6 Å². The highest BCUT2D eigenvalue weighted by Crippen LogP contribution is 2.17. The number of nitriles is 1. The fourth-order valence-electron chi connectivity index (χ4n) is 1.31. The summed E-state index contributed by atoms with van der Waals surface area (Å²) in [6, 6.07) is 13.2. The predicted molar refractivity (Wildman–Crippen MR) is 54.3 cm³/mol. The van der Waals surface area contributed by atoms with Crippen molar-refractivity contribution in [2.45, 2.75) is 0 Å². The normalized spacial score (nSPS) is 9.60. The van der Waals surface area contributed by atoms with E-state index >= 15 is 0 Å². The molecule has 0 aliphatic rings. The maximum Gasteiger partial charge on any atom is 0.141 e. The summed E-state index contributed by atoms with van der Waals surface area (Å²) in [5.41, 5.74) is 1.61. The van der Waals surface area contributed by atoms with Crippen LogP contribution in [0.4, 0.5) is 4.39 Å². The van der Waals surface area contributed by atoms with Crippen molar-refractivity contribution in [3.05, 3.63) is 54.0 Å². The Hall–Kier alpha value is -2.21. The summed E-state index contributed by atoms with van der Waals surface area (Å²) in [6.45, 7) is 0. The van der Waals surface area contributed by atoms with E-state index in [9.17, 15) is 4.39 Å². The molecule has 1 heterocycles. The Kier molecular flexibility index (Phi) is 2.42. The Balaban J connectivity index is 2.50. The third-order valence-corrected chi connectivity index (χ3v) is 1.98. The van der Waals surface area contributed by atoms with Crippen LogP contribution in [0, 0.1) is 17.1 Å². The van der Waals surface area contributed by atoms with Crippen LogP contribution in [-0.2, 0) is 0 Å². The first-order chi connectivity index (χ1) is 7.29. The van der Waals surface area contributed by atoms with Gasteiger partial charge in [-0.15, -0.1) is 0 Å². The first kappa shape index (κ1) is 9.35. The third kappa shape index (κ3) is 2.00. The zero-order chi connectivity index (χ0) is 10.7. The fraction of sp³-hybridized carbons (Fsp3) is 0. The average Bonchev–Trinajstić information content (AvgIpc) is 2.29. The summed E-state index contributed by atoms with van der Waals surface area (Å²) in [7, 11) is 0. The van der Waals surface area contributed by atoms with Gasteiger partial charge in [0, 0.05) is 5.56 Å². The summed E-state index contributed by atoms with van der Waals surface area (Å²) < 4.78 is 12.9. The van der Waals surface area contributed by atoms with Crippen molar-refractivity contribution >= 4 is 0 Å². The second-order valence-corrected chi connectivity index (χ2v) is 3.03. The monoisotopic (exact) mass is 198 g/mol. The number of benzene rings is 1. The van der Waals surface area contributed by atoms with Crippen LogP contribution in [0.3, 0.4) is 0 Å². The van der Waals surface area contributed by atoms with E-state index in [1.54, 1.807) is 30.3 Å². The molecule has 0 atom stereocenters. The van der Waals surface area contributed by atoms with Gasteiger partial charge >= 0.3 is 0 Å². The predicted octanol–water partition coefficient (Wildman–Crippen LogP) is 2.76. The average molecular weight is 198 g/mol. The van der Waals surface area contributed by atoms with Gasteiger partial charge in [0.05, 0.1) is 5.69 Å². The molecule has 0 N–H and O–H groups in total. The van der Waals surface area contributed by atoms with Gasteiger partial charge in [0.15, 0.2) is 0 Å². The molecule has 0 amide bonds. The maximum absolute atomic E-state index is 12.9. The number of hydrogen-bond acceptors (Lipinski definition) is 2. The van der Waals surface area contributed by atoms with Crippen molar-refractivity contribution < 1.29 is 4.39 Å². The van der Waals surface area contributed by atoms with Crippen molar-refractivity contribution in [1.82, 2.24) is 4.98 Å². The molecule has 15 heavy (non-hydrogen) atoms. The number of rotatable bonds is 1. The number of pyridine rings is 1. The van der Waals surface area contributed by atoms with Crippen LogP contribution in [0.25, 0.3) is 11.3 Å². The molecular weight excluding hydrogens is 191 g/mol. The Morgan fingerprint density at radius 1 is 1.13 bits per heavy atom. The van der Waals surface area contributed by atoms with Crippen molar-refractivity contribution in [3.8, 4) is 17.3 Å². The molecule has 0 bridgehead atoms. The van der Waals surface area contributed by atoms with Crippen LogP contribution in [0.1, 0.15) is 5.69 Å². The summed E-state index contributed by atoms with van der Waals surface area (Å²) in [5.74, 6) is -0.309. The molecule has 0 unspecified atom stereocenters. The fourth-order valence-corrected chi connectivity index (χ4v) is 1.31. The van der Waals surface area contributed by atoms with E-state index in [-0.39, 0.29) is 5.82 Å². The highest BCUT2D eigenvalue weighted by molar-refractivity contribution is 5.59. The summed E-state index contributed by atoms with van der Waals surface area (Å²) >= 11 is 0. The molecule has 0 aliphatic heterocycles. The quantitative estimate of drug-likeness (QED) is 0.706. The van der Waals surface area contributed by atoms with E-state index in [4.69, 9.17) is 5.26 Å². The van der Waals surface area contributed by atoms with Gasteiger partial charge in [-0.2, -0.15) is 5.26 Å². The number of hydrogen-bond donors (Lipinski definition) is 0. The molecule has 2 rings (SSSR count). The van der Waals surface area contributed by atoms with Gasteiger partial charge in [0.1, 0.15) is 17.6 Å². The second kappa shape index (κ2) is 3.89. The lowest BCUT2D eigenvalue weighted by molar-refractivity contribution is 0.628. The van der Waals surface area contributed by atoms with Gasteiger partial charge in [0.25, 0.3) is 0 Å². The molecule has 72 valence electrons. The number of halogens is 1. The molecule has 0 saturated heterocycles. The molecular formula is C12H7FN2. The van der Waals surface area contributed by atoms with Crippen LogP contribution >= 0.6 is 0 Å². The topological polar surface area (TPSA) is 36.7 Å². The first-order valence-electron chi connectivity index (χ1n) is 4.43. The Bertz CT molecular complexity index is 529. The molecule has 1 aromatic carbocycles. The van der Waals surface area contributed by atoms with Gasteiger partial charge in [-0.3, -0.25) is 0 Å². The summed E-state index contributed by atoms with van der Waals surface area (Å²) in [5, 5.41) is 8.68.